The second-order valence-corrected chi connectivity index (χ2v) is 8.00. The summed E-state index contributed by atoms with van der Waals surface area (Å²) < 4.78 is 13.1. The first-order valence-electron chi connectivity index (χ1n) is 9.89. The standard InChI is InChI=1S/C20H29FN4O.2ClH/c21-16-1-3-18(4-2-16)25-13-11-24(12-14-25)10-5-17-15-20(19(26)23-17)6-8-22-9-7-20;;/h1-4,17,22H,5-15H2,(H,23,26);2*1H/t17-;;/m0../s1. The molecule has 5 nitrogen and oxygen atoms in total. The third-order valence-electron chi connectivity index (χ3n) is 6.37. The van der Waals surface area contributed by atoms with Crippen molar-refractivity contribution in [3.8, 4) is 0 Å². The molecular formula is C20H31Cl2FN4O. The van der Waals surface area contributed by atoms with Gasteiger partial charge in [-0.05, 0) is 63.0 Å². The average molecular weight is 433 g/mol. The number of benzene rings is 1. The van der Waals surface area contributed by atoms with E-state index in [2.05, 4.69) is 20.4 Å². The molecule has 0 unspecified atom stereocenters. The number of halogens is 3. The van der Waals surface area contributed by atoms with Gasteiger partial charge >= 0.3 is 0 Å². The zero-order chi connectivity index (χ0) is 18.0. The molecule has 158 valence electrons. The lowest BCUT2D eigenvalue weighted by atomic mass is 9.76. The zero-order valence-electron chi connectivity index (χ0n) is 16.2. The van der Waals surface area contributed by atoms with E-state index in [9.17, 15) is 9.18 Å². The second-order valence-electron chi connectivity index (χ2n) is 8.00. The van der Waals surface area contributed by atoms with Gasteiger partial charge in [0.25, 0.3) is 0 Å². The van der Waals surface area contributed by atoms with Gasteiger partial charge in [0.2, 0.25) is 5.91 Å². The number of piperazine rings is 1. The quantitative estimate of drug-likeness (QED) is 0.766. The maximum atomic E-state index is 13.1. The zero-order valence-corrected chi connectivity index (χ0v) is 17.8. The number of hydrogen-bond donors (Lipinski definition) is 2. The Labute approximate surface area is 179 Å². The molecule has 3 aliphatic rings. The fourth-order valence-corrected chi connectivity index (χ4v) is 4.68. The number of nitrogens with one attached hydrogen (secondary N) is 2. The number of hydrogen-bond acceptors (Lipinski definition) is 4. The van der Waals surface area contributed by atoms with Gasteiger partial charge in [-0.1, -0.05) is 0 Å². The van der Waals surface area contributed by atoms with Gasteiger partial charge in [-0.2, -0.15) is 0 Å². The van der Waals surface area contributed by atoms with Crippen LogP contribution >= 0.6 is 24.8 Å². The third-order valence-corrected chi connectivity index (χ3v) is 6.37. The van der Waals surface area contributed by atoms with E-state index in [1.54, 1.807) is 0 Å². The van der Waals surface area contributed by atoms with E-state index < -0.39 is 0 Å². The summed E-state index contributed by atoms with van der Waals surface area (Å²) in [6.45, 7) is 6.95. The normalized spacial score (nSPS) is 24.4. The molecule has 0 radical (unpaired) electrons. The molecule has 3 fully saturated rings. The van der Waals surface area contributed by atoms with Crippen LogP contribution in [0.3, 0.4) is 0 Å². The number of piperidine rings is 1. The van der Waals surface area contributed by atoms with Crippen LogP contribution in [0.25, 0.3) is 0 Å². The Morgan fingerprint density at radius 2 is 1.68 bits per heavy atom. The van der Waals surface area contributed by atoms with E-state index in [1.807, 2.05) is 12.1 Å². The van der Waals surface area contributed by atoms with E-state index in [4.69, 9.17) is 0 Å². The summed E-state index contributed by atoms with van der Waals surface area (Å²) >= 11 is 0. The Kier molecular flexibility index (Phi) is 8.37. The predicted molar refractivity (Wildman–Crippen MR) is 115 cm³/mol. The van der Waals surface area contributed by atoms with Crippen molar-refractivity contribution in [2.45, 2.75) is 31.7 Å². The van der Waals surface area contributed by atoms with Gasteiger partial charge < -0.3 is 15.5 Å². The molecule has 0 saturated carbocycles. The minimum absolute atomic E-state index is 0. The number of amides is 1. The van der Waals surface area contributed by atoms with Crippen LogP contribution in [0.5, 0.6) is 0 Å². The lowest BCUT2D eigenvalue weighted by Crippen LogP contribution is -2.47. The molecule has 3 saturated heterocycles. The molecule has 1 spiro atoms. The van der Waals surface area contributed by atoms with Crippen molar-refractivity contribution in [2.75, 3.05) is 50.7 Å². The molecule has 1 atom stereocenters. The largest absolute Gasteiger partial charge is 0.369 e. The molecule has 0 aliphatic carbocycles. The first-order chi connectivity index (χ1) is 12.6. The number of anilines is 1. The van der Waals surface area contributed by atoms with Gasteiger partial charge in [0, 0.05) is 44.5 Å². The van der Waals surface area contributed by atoms with E-state index in [0.29, 0.717) is 6.04 Å². The van der Waals surface area contributed by atoms with Crippen LogP contribution in [0.4, 0.5) is 10.1 Å². The molecule has 0 aromatic heterocycles. The molecule has 0 bridgehead atoms. The van der Waals surface area contributed by atoms with Gasteiger partial charge in [-0.15, -0.1) is 24.8 Å². The molecule has 1 amide bonds. The van der Waals surface area contributed by atoms with Crippen molar-refractivity contribution >= 4 is 36.4 Å². The molecule has 3 heterocycles. The molecule has 4 rings (SSSR count). The lowest BCUT2D eigenvalue weighted by Gasteiger charge is -2.36. The van der Waals surface area contributed by atoms with Crippen molar-refractivity contribution < 1.29 is 9.18 Å². The SMILES string of the molecule is Cl.Cl.O=C1N[C@@H](CCN2CCN(c3ccc(F)cc3)CC2)CC12CCNCC2. The van der Waals surface area contributed by atoms with Crippen LogP contribution < -0.4 is 15.5 Å². The van der Waals surface area contributed by atoms with Crippen molar-refractivity contribution in [3.63, 3.8) is 0 Å². The van der Waals surface area contributed by atoms with Crippen LogP contribution in [0.2, 0.25) is 0 Å². The highest BCUT2D eigenvalue weighted by atomic mass is 35.5. The summed E-state index contributed by atoms with van der Waals surface area (Å²) in [7, 11) is 0. The highest BCUT2D eigenvalue weighted by Gasteiger charge is 2.46. The number of carbonyl (C=O) groups excluding carboxylic acids is 1. The molecule has 1 aromatic rings. The van der Waals surface area contributed by atoms with Crippen molar-refractivity contribution in [2.24, 2.45) is 5.41 Å². The molecule has 1 aromatic carbocycles. The van der Waals surface area contributed by atoms with E-state index in [-0.39, 0.29) is 42.0 Å². The van der Waals surface area contributed by atoms with Crippen LogP contribution in [-0.4, -0.2) is 62.7 Å². The summed E-state index contributed by atoms with van der Waals surface area (Å²) in [5.41, 5.74) is 0.999. The summed E-state index contributed by atoms with van der Waals surface area (Å²) in [5.74, 6) is 0.0997. The van der Waals surface area contributed by atoms with Crippen LogP contribution in [-0.2, 0) is 4.79 Å². The molecule has 2 N–H and O–H groups in total. The van der Waals surface area contributed by atoms with Crippen molar-refractivity contribution in [1.82, 2.24) is 15.5 Å². The van der Waals surface area contributed by atoms with Gasteiger partial charge in [0.1, 0.15) is 5.82 Å². The summed E-state index contributed by atoms with van der Waals surface area (Å²) in [6.07, 6.45) is 4.00. The van der Waals surface area contributed by atoms with Gasteiger partial charge in [-0.25, -0.2) is 4.39 Å². The van der Waals surface area contributed by atoms with E-state index >= 15 is 0 Å². The minimum atomic E-state index is -0.183. The first-order valence-corrected chi connectivity index (χ1v) is 9.89. The fraction of sp³-hybridized carbons (Fsp3) is 0.650. The Bertz CT molecular complexity index is 632. The Balaban J connectivity index is 0.00000140. The van der Waals surface area contributed by atoms with Crippen molar-refractivity contribution in [3.05, 3.63) is 30.1 Å². The Morgan fingerprint density at radius 1 is 1.04 bits per heavy atom. The monoisotopic (exact) mass is 432 g/mol. The maximum absolute atomic E-state index is 13.1. The van der Waals surface area contributed by atoms with Crippen molar-refractivity contribution in [1.29, 1.82) is 0 Å². The van der Waals surface area contributed by atoms with Crippen LogP contribution in [0, 0.1) is 11.2 Å². The number of rotatable bonds is 4. The lowest BCUT2D eigenvalue weighted by molar-refractivity contribution is -0.128. The molecule has 28 heavy (non-hydrogen) atoms. The molecule has 3 aliphatic heterocycles. The average Bonchev–Trinajstić information content (AvgIpc) is 2.97. The van der Waals surface area contributed by atoms with Gasteiger partial charge in [0.15, 0.2) is 0 Å². The summed E-state index contributed by atoms with van der Waals surface area (Å²) in [5, 5.41) is 6.62. The molecular weight excluding hydrogens is 402 g/mol. The Hall–Kier alpha value is -1.08. The number of nitrogens with zero attached hydrogens (tertiary/aromatic N) is 2. The number of carbonyl (C=O) groups is 1. The topological polar surface area (TPSA) is 47.6 Å². The van der Waals surface area contributed by atoms with Crippen LogP contribution in [0.15, 0.2) is 24.3 Å². The van der Waals surface area contributed by atoms with Gasteiger partial charge in [0.05, 0.1) is 5.41 Å². The minimum Gasteiger partial charge on any atom is -0.369 e. The highest BCUT2D eigenvalue weighted by Crippen LogP contribution is 2.39. The molecule has 8 heteroatoms. The Morgan fingerprint density at radius 3 is 2.32 bits per heavy atom. The fourth-order valence-electron chi connectivity index (χ4n) is 4.68. The predicted octanol–water partition coefficient (Wildman–Crippen LogP) is 2.44. The summed E-state index contributed by atoms with van der Waals surface area (Å²) in [6, 6.07) is 7.10. The van der Waals surface area contributed by atoms with Crippen LogP contribution in [0.1, 0.15) is 25.7 Å². The van der Waals surface area contributed by atoms with E-state index in [0.717, 1.165) is 77.2 Å². The maximum Gasteiger partial charge on any atom is 0.226 e. The smallest absolute Gasteiger partial charge is 0.226 e. The summed E-state index contributed by atoms with van der Waals surface area (Å²) in [4.78, 5) is 17.3. The first kappa shape index (κ1) is 23.2. The van der Waals surface area contributed by atoms with Gasteiger partial charge in [-0.3, -0.25) is 9.69 Å². The second kappa shape index (κ2) is 10.1. The highest BCUT2D eigenvalue weighted by molar-refractivity contribution is 5.86. The van der Waals surface area contributed by atoms with E-state index in [1.165, 1.54) is 12.1 Å². The third kappa shape index (κ3) is 5.09.